The van der Waals surface area contributed by atoms with E-state index in [1.807, 2.05) is 0 Å². The second kappa shape index (κ2) is 6.84. The van der Waals surface area contributed by atoms with Crippen LogP contribution in [0.2, 0.25) is 0 Å². The Labute approximate surface area is 135 Å². The predicted molar refractivity (Wildman–Crippen MR) is 78.4 cm³/mol. The number of rotatable bonds is 4. The molecule has 0 unspecified atom stereocenters. The lowest BCUT2D eigenvalue weighted by atomic mass is 9.96. The van der Waals surface area contributed by atoms with Crippen LogP contribution >= 0.6 is 0 Å². The third-order valence-corrected chi connectivity index (χ3v) is 3.66. The van der Waals surface area contributed by atoms with E-state index in [0.29, 0.717) is 11.1 Å². The van der Waals surface area contributed by atoms with E-state index < -0.39 is 29.5 Å². The quantitative estimate of drug-likeness (QED) is 0.747. The molecule has 2 rings (SSSR count). The van der Waals surface area contributed by atoms with Gasteiger partial charge in [-0.1, -0.05) is 30.3 Å². The molecule has 0 saturated heterocycles. The lowest BCUT2D eigenvalue weighted by Gasteiger charge is -2.19. The van der Waals surface area contributed by atoms with Gasteiger partial charge in [-0.25, -0.2) is 0 Å². The van der Waals surface area contributed by atoms with E-state index in [1.54, 1.807) is 7.05 Å². The van der Waals surface area contributed by atoms with E-state index in [4.69, 9.17) is 0 Å². The van der Waals surface area contributed by atoms with Crippen LogP contribution in [0.25, 0.3) is 0 Å². The molecule has 0 heterocycles. The van der Waals surface area contributed by atoms with Crippen molar-refractivity contribution in [3.05, 3.63) is 70.8 Å². The molecule has 0 radical (unpaired) electrons. The molecule has 0 aromatic heterocycles. The van der Waals surface area contributed by atoms with E-state index in [9.17, 15) is 26.3 Å². The summed E-state index contributed by atoms with van der Waals surface area (Å²) in [6.45, 7) is 0. The molecule has 1 atom stereocenters. The highest BCUT2D eigenvalue weighted by Crippen LogP contribution is 2.32. The summed E-state index contributed by atoms with van der Waals surface area (Å²) < 4.78 is 76.7. The van der Waals surface area contributed by atoms with Gasteiger partial charge in [-0.05, 0) is 42.8 Å². The van der Waals surface area contributed by atoms with Crippen LogP contribution in [-0.2, 0) is 18.8 Å². The number of hydrogen-bond donors (Lipinski definition) is 1. The first-order chi connectivity index (χ1) is 11.1. The van der Waals surface area contributed by atoms with Gasteiger partial charge in [0.1, 0.15) is 0 Å². The zero-order valence-electron chi connectivity index (χ0n) is 12.7. The van der Waals surface area contributed by atoms with E-state index in [2.05, 4.69) is 5.32 Å². The molecule has 0 amide bonds. The van der Waals surface area contributed by atoms with Crippen molar-refractivity contribution in [3.63, 3.8) is 0 Å². The van der Waals surface area contributed by atoms with Crippen molar-refractivity contribution < 1.29 is 26.3 Å². The van der Waals surface area contributed by atoms with Crippen LogP contribution in [-0.4, -0.2) is 7.05 Å². The fourth-order valence-electron chi connectivity index (χ4n) is 2.43. The molecule has 0 bridgehead atoms. The van der Waals surface area contributed by atoms with Gasteiger partial charge in [-0.3, -0.25) is 0 Å². The second-order valence-corrected chi connectivity index (χ2v) is 5.37. The summed E-state index contributed by atoms with van der Waals surface area (Å²) in [5.74, 6) is 0. The van der Waals surface area contributed by atoms with Crippen LogP contribution in [0.3, 0.4) is 0 Å². The van der Waals surface area contributed by atoms with Gasteiger partial charge in [0.25, 0.3) is 0 Å². The Kier molecular flexibility index (Phi) is 5.22. The third-order valence-electron chi connectivity index (χ3n) is 3.66. The fraction of sp³-hybridized carbons (Fsp3) is 0.294. The van der Waals surface area contributed by atoms with Gasteiger partial charge in [-0.2, -0.15) is 26.3 Å². The van der Waals surface area contributed by atoms with Crippen LogP contribution in [0.15, 0.2) is 48.5 Å². The topological polar surface area (TPSA) is 12.0 Å². The minimum Gasteiger partial charge on any atom is -0.313 e. The molecule has 24 heavy (non-hydrogen) atoms. The summed E-state index contributed by atoms with van der Waals surface area (Å²) >= 11 is 0. The monoisotopic (exact) mass is 347 g/mol. The number of alkyl halides is 6. The standard InChI is InChI=1S/C17H15F6N/c1-24-15(12-5-3-7-14(10-12)17(21,22)23)9-11-4-2-6-13(8-11)16(18,19)20/h2-8,10,15,24H,9H2,1H3/t15-/m1/s1. The average Bonchev–Trinajstić information content (AvgIpc) is 2.51. The molecule has 0 aliphatic heterocycles. The van der Waals surface area contributed by atoms with Gasteiger partial charge in [0.2, 0.25) is 0 Å². The molecule has 0 spiro atoms. The maximum atomic E-state index is 12.8. The summed E-state index contributed by atoms with van der Waals surface area (Å²) in [5.41, 5.74) is -0.811. The van der Waals surface area contributed by atoms with Crippen LogP contribution in [0.4, 0.5) is 26.3 Å². The van der Waals surface area contributed by atoms with Gasteiger partial charge in [-0.15, -0.1) is 0 Å². The fourth-order valence-corrected chi connectivity index (χ4v) is 2.43. The normalized spacial score (nSPS) is 13.8. The molecular formula is C17H15F6N. The second-order valence-electron chi connectivity index (χ2n) is 5.37. The Balaban J connectivity index is 2.28. The molecule has 0 saturated carbocycles. The molecular weight excluding hydrogens is 332 g/mol. The largest absolute Gasteiger partial charge is 0.416 e. The molecule has 2 aromatic rings. The van der Waals surface area contributed by atoms with Crippen molar-refractivity contribution in [3.8, 4) is 0 Å². The minimum absolute atomic E-state index is 0.141. The molecule has 7 heteroatoms. The summed E-state index contributed by atoms with van der Waals surface area (Å²) in [5, 5.41) is 2.86. The van der Waals surface area contributed by atoms with Crippen LogP contribution in [0, 0.1) is 0 Å². The van der Waals surface area contributed by atoms with E-state index in [-0.39, 0.29) is 6.42 Å². The van der Waals surface area contributed by atoms with Crippen molar-refractivity contribution in [1.29, 1.82) is 0 Å². The van der Waals surface area contributed by atoms with Crippen LogP contribution < -0.4 is 5.32 Å². The summed E-state index contributed by atoms with van der Waals surface area (Å²) in [6, 6.07) is 9.02. The third kappa shape index (κ3) is 4.50. The van der Waals surface area contributed by atoms with Crippen molar-refractivity contribution in [1.82, 2.24) is 5.32 Å². The van der Waals surface area contributed by atoms with Gasteiger partial charge in [0.05, 0.1) is 11.1 Å². The Morgan fingerprint density at radius 1 is 0.833 bits per heavy atom. The minimum atomic E-state index is -4.47. The Bertz CT molecular complexity index is 690. The van der Waals surface area contributed by atoms with Gasteiger partial charge in [0, 0.05) is 6.04 Å². The Morgan fingerprint density at radius 2 is 1.38 bits per heavy atom. The highest BCUT2D eigenvalue weighted by molar-refractivity contribution is 5.31. The highest BCUT2D eigenvalue weighted by Gasteiger charge is 2.32. The SMILES string of the molecule is CN[C@H](Cc1cccc(C(F)(F)F)c1)c1cccc(C(F)(F)F)c1. The number of likely N-dealkylation sites (N-methyl/N-ethyl adjacent to an activating group) is 1. The van der Waals surface area contributed by atoms with Crippen LogP contribution in [0.1, 0.15) is 28.3 Å². The molecule has 0 fully saturated rings. The summed E-state index contributed by atoms with van der Waals surface area (Å²) in [6.07, 6.45) is -8.78. The van der Waals surface area contributed by atoms with E-state index in [1.165, 1.54) is 24.3 Å². The van der Waals surface area contributed by atoms with Gasteiger partial charge >= 0.3 is 12.4 Å². The van der Waals surface area contributed by atoms with Gasteiger partial charge < -0.3 is 5.32 Å². The first-order valence-corrected chi connectivity index (χ1v) is 7.12. The molecule has 0 aliphatic rings. The summed E-state index contributed by atoms with van der Waals surface area (Å²) in [4.78, 5) is 0. The predicted octanol–water partition coefficient (Wildman–Crippen LogP) is 5.23. The van der Waals surface area contributed by atoms with Crippen molar-refractivity contribution in [2.24, 2.45) is 0 Å². The maximum absolute atomic E-state index is 12.8. The lowest BCUT2D eigenvalue weighted by Crippen LogP contribution is -2.20. The number of hydrogen-bond acceptors (Lipinski definition) is 1. The first-order valence-electron chi connectivity index (χ1n) is 7.12. The van der Waals surface area contributed by atoms with Crippen molar-refractivity contribution in [2.45, 2.75) is 24.8 Å². The highest BCUT2D eigenvalue weighted by atomic mass is 19.4. The molecule has 1 N–H and O–H groups in total. The molecule has 2 aromatic carbocycles. The zero-order valence-corrected chi connectivity index (χ0v) is 12.7. The number of benzene rings is 2. The van der Waals surface area contributed by atoms with Crippen molar-refractivity contribution >= 4 is 0 Å². The Morgan fingerprint density at radius 3 is 1.92 bits per heavy atom. The van der Waals surface area contributed by atoms with Gasteiger partial charge in [0.15, 0.2) is 0 Å². The summed E-state index contributed by atoms with van der Waals surface area (Å²) in [7, 11) is 1.55. The number of halogens is 6. The van der Waals surface area contributed by atoms with E-state index >= 15 is 0 Å². The van der Waals surface area contributed by atoms with E-state index in [0.717, 1.165) is 24.3 Å². The first kappa shape index (κ1) is 18.3. The zero-order chi connectivity index (χ0) is 18.0. The smallest absolute Gasteiger partial charge is 0.313 e. The Hall–Kier alpha value is -2.02. The number of nitrogens with one attached hydrogen (secondary N) is 1. The lowest BCUT2D eigenvalue weighted by molar-refractivity contribution is -0.138. The maximum Gasteiger partial charge on any atom is 0.416 e. The molecule has 130 valence electrons. The molecule has 1 nitrogen and oxygen atoms in total. The van der Waals surface area contributed by atoms with Crippen molar-refractivity contribution in [2.75, 3.05) is 7.05 Å². The van der Waals surface area contributed by atoms with Crippen LogP contribution in [0.5, 0.6) is 0 Å². The molecule has 0 aliphatic carbocycles. The average molecular weight is 347 g/mol.